The highest BCUT2D eigenvalue weighted by Crippen LogP contribution is 2.35. The lowest BCUT2D eigenvalue weighted by molar-refractivity contribution is 0.0679. The number of nitrogens with zero attached hydrogens (tertiary/aromatic N) is 1. The van der Waals surface area contributed by atoms with Gasteiger partial charge in [0, 0.05) is 17.0 Å². The number of carbonyl (C=O) groups is 1. The van der Waals surface area contributed by atoms with E-state index < -0.39 is 0 Å². The maximum Gasteiger partial charge on any atom is 0.254 e. The Morgan fingerprint density at radius 1 is 1.29 bits per heavy atom. The lowest BCUT2D eigenvalue weighted by Gasteiger charge is -2.33. The molecule has 1 atom stereocenters. The predicted octanol–water partition coefficient (Wildman–Crippen LogP) is 4.30. The van der Waals surface area contributed by atoms with Crippen molar-refractivity contribution < 1.29 is 14.3 Å². The number of hydrogen-bond acceptors (Lipinski definition) is 4. The third kappa shape index (κ3) is 3.13. The van der Waals surface area contributed by atoms with Crippen molar-refractivity contribution in [2.45, 2.75) is 39.3 Å². The summed E-state index contributed by atoms with van der Waals surface area (Å²) in [4.78, 5) is 16.3. The lowest BCUT2D eigenvalue weighted by atomic mass is 10.00. The topological polar surface area (TPSA) is 38.8 Å². The fourth-order valence-electron chi connectivity index (χ4n) is 3.10. The van der Waals surface area contributed by atoms with Crippen molar-refractivity contribution in [3.63, 3.8) is 0 Å². The molecule has 1 aromatic carbocycles. The first-order valence-corrected chi connectivity index (χ1v) is 9.11. The second kappa shape index (κ2) is 6.85. The molecule has 2 heterocycles. The van der Waals surface area contributed by atoms with Crippen molar-refractivity contribution in [3.8, 4) is 11.5 Å². The standard InChI is InChI=1S/C19H23NO3S/c1-12(2)23-16-6-5-14(11-17(16)22-4)19(21)20-9-7-18-15(13(20)3)8-10-24-18/h5-6,8,10-13H,7,9H2,1-4H3/t13-/m0/s1. The maximum atomic E-state index is 13.0. The molecule has 1 aliphatic heterocycles. The van der Waals surface area contributed by atoms with Crippen molar-refractivity contribution >= 4 is 17.2 Å². The number of fused-ring (bicyclic) bond motifs is 1. The van der Waals surface area contributed by atoms with Crippen molar-refractivity contribution in [1.82, 2.24) is 4.90 Å². The minimum atomic E-state index is 0.0359. The monoisotopic (exact) mass is 345 g/mol. The van der Waals surface area contributed by atoms with Gasteiger partial charge in [0.2, 0.25) is 0 Å². The molecular formula is C19H23NO3S. The molecular weight excluding hydrogens is 322 g/mol. The van der Waals surface area contributed by atoms with E-state index in [4.69, 9.17) is 9.47 Å². The number of thiophene rings is 1. The molecule has 0 saturated carbocycles. The number of ether oxygens (including phenoxy) is 2. The van der Waals surface area contributed by atoms with E-state index in [9.17, 15) is 4.79 Å². The third-order valence-electron chi connectivity index (χ3n) is 4.31. The van der Waals surface area contributed by atoms with Crippen LogP contribution in [0.4, 0.5) is 0 Å². The van der Waals surface area contributed by atoms with Crippen LogP contribution >= 0.6 is 11.3 Å². The second-order valence-electron chi connectivity index (χ2n) is 6.26. The molecule has 0 unspecified atom stereocenters. The molecule has 5 heteroatoms. The zero-order valence-corrected chi connectivity index (χ0v) is 15.4. The van der Waals surface area contributed by atoms with Gasteiger partial charge in [-0.05, 0) is 62.4 Å². The van der Waals surface area contributed by atoms with Gasteiger partial charge < -0.3 is 14.4 Å². The molecule has 1 amide bonds. The van der Waals surface area contributed by atoms with Crippen LogP contribution in [0, 0.1) is 0 Å². The van der Waals surface area contributed by atoms with E-state index in [-0.39, 0.29) is 18.1 Å². The molecule has 24 heavy (non-hydrogen) atoms. The summed E-state index contributed by atoms with van der Waals surface area (Å²) >= 11 is 1.78. The van der Waals surface area contributed by atoms with Crippen LogP contribution in [0.3, 0.4) is 0 Å². The molecule has 2 aromatic rings. The fraction of sp³-hybridized carbons (Fsp3) is 0.421. The molecule has 0 fully saturated rings. The molecule has 1 aliphatic rings. The number of benzene rings is 1. The summed E-state index contributed by atoms with van der Waals surface area (Å²) in [6, 6.07) is 7.64. The van der Waals surface area contributed by atoms with Gasteiger partial charge in [0.1, 0.15) is 0 Å². The average molecular weight is 345 g/mol. The molecule has 1 aromatic heterocycles. The van der Waals surface area contributed by atoms with E-state index in [0.29, 0.717) is 17.1 Å². The normalized spacial score (nSPS) is 16.9. The van der Waals surface area contributed by atoms with Gasteiger partial charge in [0.25, 0.3) is 5.91 Å². The number of methoxy groups -OCH3 is 1. The van der Waals surface area contributed by atoms with Gasteiger partial charge in [-0.15, -0.1) is 11.3 Å². The Hall–Kier alpha value is -2.01. The minimum absolute atomic E-state index is 0.0359. The molecule has 0 radical (unpaired) electrons. The number of rotatable bonds is 4. The summed E-state index contributed by atoms with van der Waals surface area (Å²) < 4.78 is 11.1. The molecule has 128 valence electrons. The molecule has 0 N–H and O–H groups in total. The van der Waals surface area contributed by atoms with Crippen LogP contribution in [0.1, 0.15) is 47.6 Å². The Morgan fingerprint density at radius 3 is 2.79 bits per heavy atom. The van der Waals surface area contributed by atoms with Gasteiger partial charge in [-0.2, -0.15) is 0 Å². The van der Waals surface area contributed by atoms with Crippen molar-refractivity contribution in [2.24, 2.45) is 0 Å². The first kappa shape index (κ1) is 16.8. The molecule has 0 aliphatic carbocycles. The van der Waals surface area contributed by atoms with E-state index in [1.165, 1.54) is 10.4 Å². The first-order valence-electron chi connectivity index (χ1n) is 8.23. The lowest BCUT2D eigenvalue weighted by Crippen LogP contribution is -2.38. The Balaban J connectivity index is 1.85. The molecule has 0 saturated heterocycles. The molecule has 0 spiro atoms. The van der Waals surface area contributed by atoms with Crippen molar-refractivity contribution in [1.29, 1.82) is 0 Å². The van der Waals surface area contributed by atoms with E-state index in [1.807, 2.05) is 30.9 Å². The van der Waals surface area contributed by atoms with E-state index in [0.717, 1.165) is 13.0 Å². The smallest absolute Gasteiger partial charge is 0.254 e. The predicted molar refractivity (Wildman–Crippen MR) is 96.2 cm³/mol. The van der Waals surface area contributed by atoms with Crippen LogP contribution in [-0.4, -0.2) is 30.6 Å². The Labute approximate surface area is 147 Å². The first-order chi connectivity index (χ1) is 11.5. The van der Waals surface area contributed by atoms with Crippen molar-refractivity contribution in [3.05, 3.63) is 45.6 Å². The summed E-state index contributed by atoms with van der Waals surface area (Å²) in [5.74, 6) is 1.29. The highest BCUT2D eigenvalue weighted by atomic mass is 32.1. The van der Waals surface area contributed by atoms with Gasteiger partial charge in [0.15, 0.2) is 11.5 Å². The Bertz CT molecular complexity index is 738. The van der Waals surface area contributed by atoms with Crippen LogP contribution < -0.4 is 9.47 Å². The van der Waals surface area contributed by atoms with E-state index in [1.54, 1.807) is 24.5 Å². The van der Waals surface area contributed by atoms with E-state index in [2.05, 4.69) is 18.4 Å². The highest BCUT2D eigenvalue weighted by Gasteiger charge is 2.29. The molecule has 3 rings (SSSR count). The van der Waals surface area contributed by atoms with Crippen LogP contribution in [0.5, 0.6) is 11.5 Å². The zero-order chi connectivity index (χ0) is 17.3. The molecule has 0 bridgehead atoms. The van der Waals surface area contributed by atoms with Crippen LogP contribution in [0.2, 0.25) is 0 Å². The van der Waals surface area contributed by atoms with Crippen LogP contribution in [-0.2, 0) is 6.42 Å². The van der Waals surface area contributed by atoms with Gasteiger partial charge in [-0.3, -0.25) is 4.79 Å². The third-order valence-corrected chi connectivity index (χ3v) is 5.31. The summed E-state index contributed by atoms with van der Waals surface area (Å²) in [6.07, 6.45) is 0.981. The maximum absolute atomic E-state index is 13.0. The number of amides is 1. The Morgan fingerprint density at radius 2 is 2.08 bits per heavy atom. The zero-order valence-electron chi connectivity index (χ0n) is 14.5. The summed E-state index contributed by atoms with van der Waals surface area (Å²) in [5.41, 5.74) is 1.90. The van der Waals surface area contributed by atoms with Crippen molar-refractivity contribution in [2.75, 3.05) is 13.7 Å². The highest BCUT2D eigenvalue weighted by molar-refractivity contribution is 7.10. The summed E-state index contributed by atoms with van der Waals surface area (Å²) in [7, 11) is 1.60. The average Bonchev–Trinajstić information content (AvgIpc) is 3.04. The van der Waals surface area contributed by atoms with Gasteiger partial charge in [0.05, 0.1) is 19.3 Å². The summed E-state index contributed by atoms with van der Waals surface area (Å²) in [5, 5.41) is 2.11. The SMILES string of the molecule is COc1cc(C(=O)N2CCc3sccc3[C@@H]2C)ccc1OC(C)C. The fourth-order valence-corrected chi connectivity index (χ4v) is 4.07. The Kier molecular flexibility index (Phi) is 4.81. The van der Waals surface area contributed by atoms with Crippen LogP contribution in [0.25, 0.3) is 0 Å². The second-order valence-corrected chi connectivity index (χ2v) is 7.26. The largest absolute Gasteiger partial charge is 0.493 e. The van der Waals surface area contributed by atoms with Gasteiger partial charge in [-0.1, -0.05) is 0 Å². The molecule has 4 nitrogen and oxygen atoms in total. The van der Waals surface area contributed by atoms with E-state index >= 15 is 0 Å². The quantitative estimate of drug-likeness (QED) is 0.829. The van der Waals surface area contributed by atoms with Gasteiger partial charge in [-0.25, -0.2) is 0 Å². The summed E-state index contributed by atoms with van der Waals surface area (Å²) in [6.45, 7) is 6.77. The number of carbonyl (C=O) groups excluding carboxylic acids is 1. The van der Waals surface area contributed by atoms with Crippen LogP contribution in [0.15, 0.2) is 29.6 Å². The number of hydrogen-bond donors (Lipinski definition) is 0. The minimum Gasteiger partial charge on any atom is -0.493 e. The van der Waals surface area contributed by atoms with Gasteiger partial charge >= 0.3 is 0 Å².